The summed E-state index contributed by atoms with van der Waals surface area (Å²) in [6.07, 6.45) is 0.518. The molecular weight excluding hydrogens is 265 g/mol. The quantitative estimate of drug-likeness (QED) is 0.735. The van der Waals surface area contributed by atoms with E-state index in [0.29, 0.717) is 0 Å². The molecule has 3 aliphatic rings. The Morgan fingerprint density at radius 2 is 1.90 bits per heavy atom. The molecule has 20 heavy (non-hydrogen) atoms. The van der Waals surface area contributed by atoms with Gasteiger partial charge in [0.2, 0.25) is 0 Å². The average Bonchev–Trinajstić information content (AvgIpc) is 2.52. The van der Waals surface area contributed by atoms with Crippen molar-refractivity contribution >= 4 is 0 Å². The Kier molecular flexibility index (Phi) is 3.01. The maximum Gasteiger partial charge on any atom is 0.412 e. The fourth-order valence-corrected chi connectivity index (χ4v) is 3.43. The van der Waals surface area contributed by atoms with Crippen LogP contribution in [0.4, 0.5) is 13.2 Å². The summed E-state index contributed by atoms with van der Waals surface area (Å²) >= 11 is 0. The Balaban J connectivity index is 1.94. The topological polar surface area (TPSA) is 15.3 Å². The third-order valence-electron chi connectivity index (χ3n) is 4.56. The first-order valence-corrected chi connectivity index (χ1v) is 6.97. The lowest BCUT2D eigenvalue weighted by Crippen LogP contribution is -2.42. The normalized spacial score (nSPS) is 31.1. The van der Waals surface area contributed by atoms with E-state index in [2.05, 4.69) is 17.3 Å². The number of fused-ring (bicyclic) bond motifs is 2. The van der Waals surface area contributed by atoms with Crippen LogP contribution >= 0.6 is 0 Å². The first-order chi connectivity index (χ1) is 9.29. The number of rotatable bonds is 0. The summed E-state index contributed by atoms with van der Waals surface area (Å²) < 4.78 is 38.7. The molecule has 0 aromatic rings. The molecule has 0 spiro atoms. The Hall–Kier alpha value is -1.23. The number of hydrogen-bond donors (Lipinski definition) is 1. The highest BCUT2D eigenvalue weighted by atomic mass is 19.4. The molecule has 5 heteroatoms. The summed E-state index contributed by atoms with van der Waals surface area (Å²) in [7, 11) is 2.08. The molecule has 3 rings (SSSR count). The van der Waals surface area contributed by atoms with Gasteiger partial charge in [-0.15, -0.1) is 0 Å². The van der Waals surface area contributed by atoms with Crippen molar-refractivity contribution < 1.29 is 13.2 Å². The minimum absolute atomic E-state index is 0.0190. The molecule has 0 aromatic carbocycles. The summed E-state index contributed by atoms with van der Waals surface area (Å²) in [4.78, 5) is 2.26. The Labute approximate surface area is 117 Å². The van der Waals surface area contributed by atoms with E-state index in [1.54, 1.807) is 6.08 Å². The van der Waals surface area contributed by atoms with Gasteiger partial charge in [0, 0.05) is 37.2 Å². The monoisotopic (exact) mass is 284 g/mol. The van der Waals surface area contributed by atoms with Gasteiger partial charge in [-0.1, -0.05) is 12.2 Å². The van der Waals surface area contributed by atoms with Crippen molar-refractivity contribution in [2.75, 3.05) is 20.1 Å². The Morgan fingerprint density at radius 3 is 2.60 bits per heavy atom. The summed E-state index contributed by atoms with van der Waals surface area (Å²) in [6, 6.07) is 0. The second kappa shape index (κ2) is 4.38. The van der Waals surface area contributed by atoms with E-state index in [-0.39, 0.29) is 6.42 Å². The van der Waals surface area contributed by atoms with Crippen molar-refractivity contribution in [2.24, 2.45) is 0 Å². The average molecular weight is 284 g/mol. The zero-order valence-electron chi connectivity index (χ0n) is 11.8. The first-order valence-electron chi connectivity index (χ1n) is 6.97. The number of nitrogens with one attached hydrogen (secondary N) is 1. The first kappa shape index (κ1) is 13.7. The van der Waals surface area contributed by atoms with Gasteiger partial charge in [-0.25, -0.2) is 0 Å². The summed E-state index contributed by atoms with van der Waals surface area (Å²) in [5, 5.41) is 3.38. The molecule has 1 N–H and O–H groups in total. The molecule has 0 fully saturated rings. The maximum absolute atomic E-state index is 12.9. The number of halogens is 3. The van der Waals surface area contributed by atoms with Gasteiger partial charge in [0.1, 0.15) is 0 Å². The predicted molar refractivity (Wildman–Crippen MR) is 72.1 cm³/mol. The van der Waals surface area contributed by atoms with Crippen molar-refractivity contribution in [3.8, 4) is 0 Å². The highest BCUT2D eigenvalue weighted by Gasteiger charge is 2.46. The number of nitrogens with zero attached hydrogens (tertiary/aromatic N) is 1. The molecule has 0 amide bonds. The zero-order chi connectivity index (χ0) is 14.5. The van der Waals surface area contributed by atoms with Gasteiger partial charge in [-0.2, -0.15) is 13.2 Å². The van der Waals surface area contributed by atoms with Crippen molar-refractivity contribution in [3.05, 3.63) is 34.6 Å². The van der Waals surface area contributed by atoms with Gasteiger partial charge in [0.05, 0.1) is 5.54 Å². The molecule has 2 heterocycles. The van der Waals surface area contributed by atoms with Crippen LogP contribution < -0.4 is 5.32 Å². The molecule has 1 aliphatic carbocycles. The highest BCUT2D eigenvalue weighted by Crippen LogP contribution is 2.46. The van der Waals surface area contributed by atoms with E-state index in [1.807, 2.05) is 6.92 Å². The van der Waals surface area contributed by atoms with E-state index in [4.69, 9.17) is 0 Å². The van der Waals surface area contributed by atoms with E-state index >= 15 is 0 Å². The second-order valence-electron chi connectivity index (χ2n) is 6.16. The standard InChI is InChI=1S/C15H19F3N2/c1-14-9-10(15(16,17)18)3-4-12(14)11-5-7-20(2)8-6-13(11)19-14/h3-4,19H,5-9H2,1-2H3. The SMILES string of the molecule is CN1CCC2=C(CC1)C1=CC=C(C(F)(F)F)CC1(C)N2. The fraction of sp³-hybridized carbons (Fsp3) is 0.600. The lowest BCUT2D eigenvalue weighted by molar-refractivity contribution is -0.0956. The lowest BCUT2D eigenvalue weighted by atomic mass is 9.79. The Morgan fingerprint density at radius 1 is 1.20 bits per heavy atom. The van der Waals surface area contributed by atoms with Crippen molar-refractivity contribution in [2.45, 2.75) is 37.9 Å². The molecule has 0 radical (unpaired) electrons. The minimum Gasteiger partial charge on any atom is -0.378 e. The minimum atomic E-state index is -4.23. The van der Waals surface area contributed by atoms with Crippen LogP contribution in [-0.2, 0) is 0 Å². The van der Waals surface area contributed by atoms with E-state index in [9.17, 15) is 13.2 Å². The van der Waals surface area contributed by atoms with E-state index in [0.717, 1.165) is 37.2 Å². The molecule has 0 saturated heterocycles. The summed E-state index contributed by atoms with van der Waals surface area (Å²) in [5.41, 5.74) is 2.40. The summed E-state index contributed by atoms with van der Waals surface area (Å²) in [6.45, 7) is 3.80. The molecular formula is C15H19F3N2. The van der Waals surface area contributed by atoms with Crippen LogP contribution in [0, 0.1) is 0 Å². The highest BCUT2D eigenvalue weighted by molar-refractivity contribution is 5.54. The number of alkyl halides is 3. The predicted octanol–water partition coefficient (Wildman–Crippen LogP) is 3.15. The molecule has 110 valence electrons. The van der Waals surface area contributed by atoms with Crippen molar-refractivity contribution in [1.82, 2.24) is 10.2 Å². The van der Waals surface area contributed by atoms with E-state index in [1.165, 1.54) is 11.6 Å². The van der Waals surface area contributed by atoms with Crippen LogP contribution in [0.15, 0.2) is 34.6 Å². The van der Waals surface area contributed by atoms with Gasteiger partial charge in [-0.3, -0.25) is 0 Å². The van der Waals surface area contributed by atoms with Crippen molar-refractivity contribution in [3.63, 3.8) is 0 Å². The van der Waals surface area contributed by atoms with Gasteiger partial charge >= 0.3 is 6.18 Å². The molecule has 2 nitrogen and oxygen atoms in total. The smallest absolute Gasteiger partial charge is 0.378 e. The van der Waals surface area contributed by atoms with Gasteiger partial charge in [0.25, 0.3) is 0 Å². The molecule has 0 saturated carbocycles. The van der Waals surface area contributed by atoms with Crippen LogP contribution in [-0.4, -0.2) is 36.8 Å². The van der Waals surface area contributed by atoms with Gasteiger partial charge in [-0.05, 0) is 31.5 Å². The largest absolute Gasteiger partial charge is 0.412 e. The Bertz CT molecular complexity index is 528. The number of hydrogen-bond acceptors (Lipinski definition) is 2. The van der Waals surface area contributed by atoms with Gasteiger partial charge < -0.3 is 10.2 Å². The van der Waals surface area contributed by atoms with Crippen LogP contribution in [0.1, 0.15) is 26.2 Å². The van der Waals surface area contributed by atoms with Crippen molar-refractivity contribution in [1.29, 1.82) is 0 Å². The molecule has 0 bridgehead atoms. The van der Waals surface area contributed by atoms with Crippen LogP contribution in [0.25, 0.3) is 0 Å². The molecule has 0 aromatic heterocycles. The zero-order valence-corrected chi connectivity index (χ0v) is 11.8. The third kappa shape index (κ3) is 2.18. The van der Waals surface area contributed by atoms with Crippen LogP contribution in [0.2, 0.25) is 0 Å². The number of allylic oxidation sites excluding steroid dienone is 2. The second-order valence-corrected chi connectivity index (χ2v) is 6.16. The fourth-order valence-electron chi connectivity index (χ4n) is 3.43. The van der Waals surface area contributed by atoms with Crippen LogP contribution in [0.5, 0.6) is 0 Å². The van der Waals surface area contributed by atoms with Crippen LogP contribution in [0.3, 0.4) is 0 Å². The molecule has 1 unspecified atom stereocenters. The molecule has 2 aliphatic heterocycles. The third-order valence-corrected chi connectivity index (χ3v) is 4.56. The summed E-state index contributed by atoms with van der Waals surface area (Å²) in [5.74, 6) is 0. The maximum atomic E-state index is 12.9. The molecule has 1 atom stereocenters. The van der Waals surface area contributed by atoms with E-state index < -0.39 is 17.3 Å². The lowest BCUT2D eigenvalue weighted by Gasteiger charge is -2.34. The van der Waals surface area contributed by atoms with Gasteiger partial charge in [0.15, 0.2) is 0 Å².